The summed E-state index contributed by atoms with van der Waals surface area (Å²) in [5.41, 5.74) is 0. The van der Waals surface area contributed by atoms with Crippen molar-refractivity contribution < 1.29 is 24.2 Å². The third kappa shape index (κ3) is 4.79. The number of ether oxygens (including phenoxy) is 2. The maximum Gasteiger partial charge on any atom is 0.326 e. The Bertz CT molecular complexity index is 498. The molecule has 0 aliphatic carbocycles. The van der Waals surface area contributed by atoms with Crippen molar-refractivity contribution in [3.05, 3.63) is 6.07 Å². The monoisotopic (exact) mass is 298 g/mol. The second-order valence-corrected chi connectivity index (χ2v) is 4.43. The molecule has 1 rings (SSSR count). The van der Waals surface area contributed by atoms with E-state index in [1.807, 2.05) is 0 Å². The van der Waals surface area contributed by atoms with Crippen LogP contribution in [-0.4, -0.2) is 47.3 Å². The fourth-order valence-electron chi connectivity index (χ4n) is 1.46. The molecular weight excluding hydrogens is 280 g/mol. The van der Waals surface area contributed by atoms with Crippen molar-refractivity contribution in [2.24, 2.45) is 5.92 Å². The summed E-state index contributed by atoms with van der Waals surface area (Å²) < 4.78 is 9.88. The second-order valence-electron chi connectivity index (χ2n) is 4.43. The summed E-state index contributed by atoms with van der Waals surface area (Å²) in [6.45, 7) is 3.37. The van der Waals surface area contributed by atoms with Crippen LogP contribution in [0.25, 0.3) is 0 Å². The van der Waals surface area contributed by atoms with E-state index in [1.165, 1.54) is 20.3 Å². The Balaban J connectivity index is 2.80. The average Bonchev–Trinajstić information content (AvgIpc) is 2.43. The summed E-state index contributed by atoms with van der Waals surface area (Å²) in [7, 11) is 2.82. The molecular formula is C12H18N4O5. The van der Waals surface area contributed by atoms with Gasteiger partial charge in [0.1, 0.15) is 6.04 Å². The van der Waals surface area contributed by atoms with Crippen molar-refractivity contribution in [1.82, 2.24) is 15.3 Å². The quantitative estimate of drug-likeness (QED) is 0.707. The molecule has 0 saturated carbocycles. The number of aliphatic carboxylic acids is 1. The highest BCUT2D eigenvalue weighted by Gasteiger charge is 2.23. The predicted octanol–water partition coefficient (Wildman–Crippen LogP) is 0.724. The smallest absolute Gasteiger partial charge is 0.326 e. The summed E-state index contributed by atoms with van der Waals surface area (Å²) in [5.74, 6) is -1.04. The van der Waals surface area contributed by atoms with Gasteiger partial charge in [0.15, 0.2) is 0 Å². The number of nitrogens with zero attached hydrogens (tertiary/aromatic N) is 2. The molecule has 21 heavy (non-hydrogen) atoms. The Kier molecular flexibility index (Phi) is 5.70. The molecule has 0 fully saturated rings. The number of rotatable bonds is 6. The summed E-state index contributed by atoms with van der Waals surface area (Å²) in [6, 6.07) is -0.305. The SMILES string of the molecule is COc1cc(OC)nc(NC(=O)N[C@H](C(=O)O)C(C)C)n1. The van der Waals surface area contributed by atoms with Crippen molar-refractivity contribution in [2.45, 2.75) is 19.9 Å². The van der Waals surface area contributed by atoms with E-state index in [0.29, 0.717) is 0 Å². The minimum Gasteiger partial charge on any atom is -0.481 e. The Hall–Kier alpha value is -2.58. The van der Waals surface area contributed by atoms with Gasteiger partial charge in [0, 0.05) is 0 Å². The standard InChI is InChI=1S/C12H18N4O5/c1-6(2)9(10(17)18)15-12(19)16-11-13-7(20-3)5-8(14-11)21-4/h5-6,9H,1-4H3,(H,17,18)(H2,13,14,15,16,19)/t9-/m0/s1. The molecule has 9 heteroatoms. The van der Waals surface area contributed by atoms with Gasteiger partial charge in [-0.1, -0.05) is 13.8 Å². The number of anilines is 1. The lowest BCUT2D eigenvalue weighted by atomic mass is 10.1. The van der Waals surface area contributed by atoms with E-state index in [4.69, 9.17) is 14.6 Å². The zero-order chi connectivity index (χ0) is 16.0. The second kappa shape index (κ2) is 7.27. The summed E-state index contributed by atoms with van der Waals surface area (Å²) in [5, 5.41) is 13.7. The predicted molar refractivity (Wildman–Crippen MR) is 73.6 cm³/mol. The molecule has 0 saturated heterocycles. The molecule has 1 atom stereocenters. The molecule has 0 unspecified atom stereocenters. The molecule has 1 aromatic heterocycles. The van der Waals surface area contributed by atoms with E-state index in [2.05, 4.69) is 20.6 Å². The number of nitrogens with one attached hydrogen (secondary N) is 2. The van der Waals surface area contributed by atoms with Crippen LogP contribution < -0.4 is 20.1 Å². The van der Waals surface area contributed by atoms with E-state index in [9.17, 15) is 9.59 Å². The summed E-state index contributed by atoms with van der Waals surface area (Å²) in [4.78, 5) is 30.6. The minimum absolute atomic E-state index is 0.0587. The van der Waals surface area contributed by atoms with Gasteiger partial charge >= 0.3 is 12.0 Å². The lowest BCUT2D eigenvalue weighted by Gasteiger charge is -2.17. The van der Waals surface area contributed by atoms with Crippen LogP contribution in [0.1, 0.15) is 13.8 Å². The number of carboxylic acid groups (broad SMARTS) is 1. The molecule has 116 valence electrons. The van der Waals surface area contributed by atoms with Gasteiger partial charge in [0.25, 0.3) is 0 Å². The van der Waals surface area contributed by atoms with Crippen LogP contribution in [0.15, 0.2) is 6.07 Å². The summed E-state index contributed by atoms with van der Waals surface area (Å²) in [6.07, 6.45) is 0. The third-order valence-electron chi connectivity index (χ3n) is 2.54. The molecule has 1 aromatic rings. The van der Waals surface area contributed by atoms with Crippen LogP contribution in [0.3, 0.4) is 0 Å². The molecule has 0 aliphatic heterocycles. The molecule has 9 nitrogen and oxygen atoms in total. The lowest BCUT2D eigenvalue weighted by Crippen LogP contribution is -2.46. The van der Waals surface area contributed by atoms with Gasteiger partial charge in [0.2, 0.25) is 17.7 Å². The zero-order valence-corrected chi connectivity index (χ0v) is 12.2. The van der Waals surface area contributed by atoms with Gasteiger partial charge in [0.05, 0.1) is 20.3 Å². The first kappa shape index (κ1) is 16.5. The van der Waals surface area contributed by atoms with E-state index < -0.39 is 18.0 Å². The largest absolute Gasteiger partial charge is 0.481 e. The number of amides is 2. The number of urea groups is 1. The van der Waals surface area contributed by atoms with Crippen LogP contribution in [0.2, 0.25) is 0 Å². The molecule has 0 bridgehead atoms. The van der Waals surface area contributed by atoms with E-state index in [-0.39, 0.29) is 23.6 Å². The number of hydrogen-bond donors (Lipinski definition) is 3. The average molecular weight is 298 g/mol. The highest BCUT2D eigenvalue weighted by Crippen LogP contribution is 2.17. The van der Waals surface area contributed by atoms with Gasteiger partial charge in [-0.2, -0.15) is 9.97 Å². The minimum atomic E-state index is -1.12. The normalized spacial score (nSPS) is 11.7. The van der Waals surface area contributed by atoms with Crippen LogP contribution in [0.4, 0.5) is 10.7 Å². The zero-order valence-electron chi connectivity index (χ0n) is 12.2. The Morgan fingerprint density at radius 3 is 2.10 bits per heavy atom. The van der Waals surface area contributed by atoms with Crippen molar-refractivity contribution in [2.75, 3.05) is 19.5 Å². The van der Waals surface area contributed by atoms with E-state index >= 15 is 0 Å². The molecule has 2 amide bonds. The first-order valence-electron chi connectivity index (χ1n) is 6.14. The van der Waals surface area contributed by atoms with Crippen LogP contribution in [0, 0.1) is 5.92 Å². The van der Waals surface area contributed by atoms with Crippen LogP contribution in [-0.2, 0) is 4.79 Å². The van der Waals surface area contributed by atoms with Gasteiger partial charge in [-0.15, -0.1) is 0 Å². The van der Waals surface area contributed by atoms with Crippen molar-refractivity contribution in [3.8, 4) is 11.8 Å². The number of carboxylic acids is 1. The Labute approximate surface area is 121 Å². The highest BCUT2D eigenvalue weighted by molar-refractivity contribution is 5.91. The molecule has 0 aliphatic rings. The molecule has 0 radical (unpaired) electrons. The highest BCUT2D eigenvalue weighted by atomic mass is 16.5. The number of methoxy groups -OCH3 is 2. The number of carbonyl (C=O) groups excluding carboxylic acids is 1. The maximum absolute atomic E-state index is 11.8. The number of carbonyl (C=O) groups is 2. The van der Waals surface area contributed by atoms with Gasteiger partial charge in [-0.05, 0) is 5.92 Å². The number of hydrogen-bond acceptors (Lipinski definition) is 6. The first-order chi connectivity index (χ1) is 9.87. The Morgan fingerprint density at radius 1 is 1.19 bits per heavy atom. The van der Waals surface area contributed by atoms with Gasteiger partial charge in [-0.25, -0.2) is 9.59 Å². The van der Waals surface area contributed by atoms with Crippen molar-refractivity contribution in [3.63, 3.8) is 0 Å². The van der Waals surface area contributed by atoms with Crippen LogP contribution >= 0.6 is 0 Å². The van der Waals surface area contributed by atoms with E-state index in [0.717, 1.165) is 0 Å². The Morgan fingerprint density at radius 2 is 1.71 bits per heavy atom. The van der Waals surface area contributed by atoms with E-state index in [1.54, 1.807) is 13.8 Å². The molecule has 0 spiro atoms. The summed E-state index contributed by atoms with van der Waals surface area (Å²) >= 11 is 0. The third-order valence-corrected chi connectivity index (χ3v) is 2.54. The number of aromatic nitrogens is 2. The topological polar surface area (TPSA) is 123 Å². The van der Waals surface area contributed by atoms with Gasteiger partial charge in [-0.3, -0.25) is 5.32 Å². The van der Waals surface area contributed by atoms with Crippen LogP contribution in [0.5, 0.6) is 11.8 Å². The van der Waals surface area contributed by atoms with Crippen molar-refractivity contribution in [1.29, 1.82) is 0 Å². The maximum atomic E-state index is 11.8. The van der Waals surface area contributed by atoms with Crippen molar-refractivity contribution >= 4 is 17.9 Å². The molecule has 1 heterocycles. The first-order valence-corrected chi connectivity index (χ1v) is 6.14. The van der Waals surface area contributed by atoms with Gasteiger partial charge < -0.3 is 19.9 Å². The fraction of sp³-hybridized carbons (Fsp3) is 0.500. The fourth-order valence-corrected chi connectivity index (χ4v) is 1.46. The molecule has 0 aromatic carbocycles. The molecule has 3 N–H and O–H groups in total. The lowest BCUT2D eigenvalue weighted by molar-refractivity contribution is -0.140.